The summed E-state index contributed by atoms with van der Waals surface area (Å²) in [6.45, 7) is 5.79. The summed E-state index contributed by atoms with van der Waals surface area (Å²) >= 11 is 0. The van der Waals surface area contributed by atoms with Crippen molar-refractivity contribution in [1.82, 2.24) is 0 Å². The molecule has 0 amide bonds. The van der Waals surface area contributed by atoms with Crippen molar-refractivity contribution in [2.75, 3.05) is 0 Å². The van der Waals surface area contributed by atoms with Gasteiger partial charge < -0.3 is 0 Å². The molecule has 0 N–H and O–H groups in total. The maximum absolute atomic E-state index is 2.39. The van der Waals surface area contributed by atoms with Crippen LogP contribution in [0.3, 0.4) is 0 Å². The van der Waals surface area contributed by atoms with Gasteiger partial charge in [0.25, 0.3) is 0 Å². The summed E-state index contributed by atoms with van der Waals surface area (Å²) in [6.07, 6.45) is 37.3. The van der Waals surface area contributed by atoms with Crippen molar-refractivity contribution in [3.63, 3.8) is 0 Å². The quantitative estimate of drug-likeness (QED) is 0.110. The van der Waals surface area contributed by atoms with Crippen LogP contribution < -0.4 is 4.57 Å². The topological polar surface area (TPSA) is 3.88 Å². The zero-order valence-corrected chi connectivity index (χ0v) is 22.2. The summed E-state index contributed by atoms with van der Waals surface area (Å²) < 4.78 is 2.39. The molecule has 1 heteroatoms. The Bertz CT molecular complexity index is 478. The van der Waals surface area contributed by atoms with Gasteiger partial charge in [0.15, 0.2) is 12.4 Å². The zero-order valence-electron chi connectivity index (χ0n) is 22.2. The molecule has 0 unspecified atom stereocenters. The monoisotopic (exact) mass is 444 g/mol. The van der Waals surface area contributed by atoms with Crippen molar-refractivity contribution < 1.29 is 4.57 Å². The fourth-order valence-electron chi connectivity index (χ4n) is 4.76. The highest BCUT2D eigenvalue weighted by Crippen LogP contribution is 2.13. The van der Waals surface area contributed by atoms with Crippen molar-refractivity contribution in [2.24, 2.45) is 0 Å². The van der Waals surface area contributed by atoms with Crippen LogP contribution in [0.2, 0.25) is 0 Å². The Morgan fingerprint density at radius 1 is 0.438 bits per heavy atom. The molecule has 0 aliphatic rings. The largest absolute Gasteiger partial charge is 0.205 e. The lowest BCUT2D eigenvalue weighted by atomic mass is 10.0. The summed E-state index contributed by atoms with van der Waals surface area (Å²) in [4.78, 5) is 0. The first-order chi connectivity index (χ1) is 15.9. The van der Waals surface area contributed by atoms with Crippen LogP contribution in [0.5, 0.6) is 0 Å². The van der Waals surface area contributed by atoms with Gasteiger partial charge in [0.05, 0.1) is 0 Å². The van der Waals surface area contributed by atoms with Crippen molar-refractivity contribution >= 4 is 0 Å². The van der Waals surface area contributed by atoms with Crippen molar-refractivity contribution in [2.45, 2.75) is 168 Å². The average molecular weight is 445 g/mol. The van der Waals surface area contributed by atoms with E-state index in [0.29, 0.717) is 0 Å². The highest BCUT2D eigenvalue weighted by Gasteiger charge is 2.02. The fraction of sp³-hybridized carbons (Fsp3) is 0.839. The molecule has 1 nitrogen and oxygen atoms in total. The number of hydrogen-bond donors (Lipinski definition) is 0. The summed E-state index contributed by atoms with van der Waals surface area (Å²) in [7, 11) is 0. The maximum atomic E-state index is 2.39. The Kier molecular flexibility index (Phi) is 21.3. The van der Waals surface area contributed by atoms with Crippen LogP contribution in [0.4, 0.5) is 0 Å². The Labute approximate surface area is 202 Å². The highest BCUT2D eigenvalue weighted by molar-refractivity contribution is 5.07. The number of unbranched alkanes of at least 4 members (excludes halogenated alkanes) is 20. The number of nitrogens with zero attached hydrogens (tertiary/aromatic N) is 1. The van der Waals surface area contributed by atoms with E-state index < -0.39 is 0 Å². The second-order valence-electron chi connectivity index (χ2n) is 10.3. The van der Waals surface area contributed by atoms with E-state index in [9.17, 15) is 0 Å². The minimum atomic E-state index is 1.19. The molecule has 0 aliphatic heterocycles. The van der Waals surface area contributed by atoms with Gasteiger partial charge in [0, 0.05) is 18.6 Å². The number of hydrogen-bond acceptors (Lipinski definition) is 0. The van der Waals surface area contributed by atoms with E-state index in [1.165, 1.54) is 160 Å². The van der Waals surface area contributed by atoms with Crippen LogP contribution in [0.15, 0.2) is 24.5 Å². The van der Waals surface area contributed by atoms with E-state index in [-0.39, 0.29) is 0 Å². The van der Waals surface area contributed by atoms with E-state index in [4.69, 9.17) is 0 Å². The fourth-order valence-corrected chi connectivity index (χ4v) is 4.76. The maximum Gasteiger partial charge on any atom is 0.169 e. The normalized spacial score (nSPS) is 11.3. The van der Waals surface area contributed by atoms with Crippen LogP contribution >= 0.6 is 0 Å². The van der Waals surface area contributed by atoms with Crippen LogP contribution in [0.1, 0.15) is 161 Å². The first-order valence-corrected chi connectivity index (χ1v) is 14.8. The molecule has 0 spiro atoms. The van der Waals surface area contributed by atoms with Gasteiger partial charge >= 0.3 is 0 Å². The SMILES string of the molecule is CCCCCCCCCCCCCCCC[n+]1ccc(CCCCCCCCCC)cc1. The summed E-state index contributed by atoms with van der Waals surface area (Å²) in [5.74, 6) is 0. The van der Waals surface area contributed by atoms with Gasteiger partial charge in [-0.05, 0) is 24.8 Å². The molecule has 0 radical (unpaired) electrons. The van der Waals surface area contributed by atoms with E-state index in [0.717, 1.165) is 0 Å². The molecule has 1 heterocycles. The lowest BCUT2D eigenvalue weighted by Crippen LogP contribution is -2.32. The molecule has 0 aliphatic carbocycles. The van der Waals surface area contributed by atoms with Gasteiger partial charge in [-0.1, -0.05) is 136 Å². The second kappa shape index (κ2) is 23.3. The number of pyridine rings is 1. The van der Waals surface area contributed by atoms with E-state index in [1.54, 1.807) is 0 Å². The van der Waals surface area contributed by atoms with Gasteiger partial charge in [-0.15, -0.1) is 0 Å². The highest BCUT2D eigenvalue weighted by atomic mass is 14.9. The average Bonchev–Trinajstić information content (AvgIpc) is 2.82. The lowest BCUT2D eigenvalue weighted by molar-refractivity contribution is -0.697. The smallest absolute Gasteiger partial charge is 0.169 e. The third kappa shape index (κ3) is 18.7. The molecular weight excluding hydrogens is 386 g/mol. The molecule has 186 valence electrons. The molecule has 1 rings (SSSR count). The summed E-state index contributed by atoms with van der Waals surface area (Å²) in [5, 5.41) is 0. The molecule has 0 saturated carbocycles. The van der Waals surface area contributed by atoms with Crippen molar-refractivity contribution in [3.8, 4) is 0 Å². The van der Waals surface area contributed by atoms with E-state index in [1.807, 2.05) is 0 Å². The van der Waals surface area contributed by atoms with Gasteiger partial charge in [0.2, 0.25) is 0 Å². The molecular formula is C31H58N+. The number of aromatic nitrogens is 1. The molecule has 32 heavy (non-hydrogen) atoms. The molecule has 0 aromatic carbocycles. The first-order valence-electron chi connectivity index (χ1n) is 14.8. The van der Waals surface area contributed by atoms with E-state index in [2.05, 4.69) is 42.9 Å². The molecule has 0 atom stereocenters. The lowest BCUT2D eigenvalue weighted by Gasteiger charge is -2.04. The van der Waals surface area contributed by atoms with Gasteiger partial charge in [-0.25, -0.2) is 4.57 Å². The number of rotatable bonds is 24. The van der Waals surface area contributed by atoms with Gasteiger partial charge in [-0.2, -0.15) is 0 Å². The Hall–Kier alpha value is -0.850. The minimum absolute atomic E-state index is 1.19. The predicted octanol–water partition coefficient (Wildman–Crippen LogP) is 10.1. The van der Waals surface area contributed by atoms with Crippen LogP contribution in [-0.2, 0) is 13.0 Å². The zero-order chi connectivity index (χ0) is 23.0. The van der Waals surface area contributed by atoms with E-state index >= 15 is 0 Å². The standard InChI is InChI=1S/C31H58N/c1-3-5-7-9-11-13-14-15-16-17-18-20-22-24-28-32-29-26-31(27-30-32)25-23-21-19-12-10-8-6-4-2/h26-27,29-30H,3-25,28H2,1-2H3/q+1. The van der Waals surface area contributed by atoms with Crippen LogP contribution in [-0.4, -0.2) is 0 Å². The molecule has 1 aromatic rings. The van der Waals surface area contributed by atoms with Crippen molar-refractivity contribution in [3.05, 3.63) is 30.1 Å². The summed E-state index contributed by atoms with van der Waals surface area (Å²) in [5.41, 5.74) is 1.52. The number of aryl methyl sites for hydroxylation is 2. The molecule has 0 fully saturated rings. The third-order valence-corrected chi connectivity index (χ3v) is 7.05. The van der Waals surface area contributed by atoms with Crippen molar-refractivity contribution in [1.29, 1.82) is 0 Å². The van der Waals surface area contributed by atoms with Crippen LogP contribution in [0, 0.1) is 0 Å². The first kappa shape index (κ1) is 29.2. The molecule has 0 bridgehead atoms. The molecule has 0 saturated heterocycles. The Balaban J connectivity index is 1.87. The summed E-state index contributed by atoms with van der Waals surface area (Å²) in [6, 6.07) is 4.70. The predicted molar refractivity (Wildman–Crippen MR) is 143 cm³/mol. The van der Waals surface area contributed by atoms with Crippen LogP contribution in [0.25, 0.3) is 0 Å². The Morgan fingerprint density at radius 3 is 1.19 bits per heavy atom. The third-order valence-electron chi connectivity index (χ3n) is 7.05. The second-order valence-corrected chi connectivity index (χ2v) is 10.3. The van der Waals surface area contributed by atoms with Gasteiger partial charge in [0.1, 0.15) is 6.54 Å². The minimum Gasteiger partial charge on any atom is -0.205 e. The van der Waals surface area contributed by atoms with Gasteiger partial charge in [-0.3, -0.25) is 0 Å². The Morgan fingerprint density at radius 2 is 0.781 bits per heavy atom. The molecule has 1 aromatic heterocycles.